The first-order valence-corrected chi connectivity index (χ1v) is 6.44. The Kier molecular flexibility index (Phi) is 4.51. The molecule has 0 radical (unpaired) electrons. The van der Waals surface area contributed by atoms with Crippen LogP contribution in [0.15, 0.2) is 60.2 Å². The minimum atomic E-state index is -0.968. The molecular formula is C17H15NO3. The smallest absolute Gasteiger partial charge is 0.335 e. The summed E-state index contributed by atoms with van der Waals surface area (Å²) in [4.78, 5) is 22.8. The van der Waals surface area contributed by atoms with Crippen molar-refractivity contribution in [2.45, 2.75) is 6.92 Å². The molecule has 0 heterocycles. The van der Waals surface area contributed by atoms with Crippen molar-refractivity contribution in [3.63, 3.8) is 0 Å². The topological polar surface area (TPSA) is 66.4 Å². The fourth-order valence-corrected chi connectivity index (χ4v) is 1.79. The Bertz CT molecular complexity index is 673. The number of amides is 1. The molecule has 0 saturated carbocycles. The lowest BCUT2D eigenvalue weighted by atomic mass is 10.1. The van der Waals surface area contributed by atoms with Gasteiger partial charge in [-0.15, -0.1) is 0 Å². The van der Waals surface area contributed by atoms with E-state index in [9.17, 15) is 9.59 Å². The van der Waals surface area contributed by atoms with E-state index in [1.54, 1.807) is 25.1 Å². The molecule has 106 valence electrons. The number of carbonyl (C=O) groups excluding carboxylic acids is 1. The van der Waals surface area contributed by atoms with E-state index in [-0.39, 0.29) is 11.5 Å². The molecular weight excluding hydrogens is 266 g/mol. The van der Waals surface area contributed by atoms with Crippen LogP contribution >= 0.6 is 0 Å². The predicted octanol–water partition coefficient (Wildman–Crippen LogP) is 3.43. The van der Waals surface area contributed by atoms with E-state index >= 15 is 0 Å². The van der Waals surface area contributed by atoms with Crippen LogP contribution in [0.25, 0.3) is 6.08 Å². The van der Waals surface area contributed by atoms with Crippen molar-refractivity contribution < 1.29 is 14.7 Å². The average molecular weight is 281 g/mol. The molecule has 1 amide bonds. The molecule has 0 aromatic heterocycles. The van der Waals surface area contributed by atoms with Crippen LogP contribution in [0.2, 0.25) is 0 Å². The summed E-state index contributed by atoms with van der Waals surface area (Å²) in [6.07, 6.45) is 1.71. The number of carboxylic acids is 1. The van der Waals surface area contributed by atoms with Gasteiger partial charge in [-0.25, -0.2) is 4.79 Å². The molecule has 2 N–H and O–H groups in total. The number of para-hydroxylation sites is 1. The fourth-order valence-electron chi connectivity index (χ4n) is 1.79. The monoisotopic (exact) mass is 281 g/mol. The lowest BCUT2D eigenvalue weighted by Crippen LogP contribution is -2.12. The van der Waals surface area contributed by atoms with Crippen LogP contribution < -0.4 is 5.32 Å². The molecule has 0 spiro atoms. The summed E-state index contributed by atoms with van der Waals surface area (Å²) >= 11 is 0. The number of carbonyl (C=O) groups is 2. The largest absolute Gasteiger partial charge is 0.478 e. The fraction of sp³-hybridized carbons (Fsp3) is 0.0588. The molecule has 0 atom stereocenters. The van der Waals surface area contributed by atoms with Crippen LogP contribution in [-0.4, -0.2) is 17.0 Å². The van der Waals surface area contributed by atoms with Crippen LogP contribution in [0.3, 0.4) is 0 Å². The Balaban J connectivity index is 2.09. The second-order valence-corrected chi connectivity index (χ2v) is 4.57. The Labute approximate surface area is 122 Å². The van der Waals surface area contributed by atoms with Gasteiger partial charge in [0, 0.05) is 11.3 Å². The molecule has 0 saturated heterocycles. The highest BCUT2D eigenvalue weighted by Gasteiger charge is 2.05. The maximum absolute atomic E-state index is 12.0. The lowest BCUT2D eigenvalue weighted by Gasteiger charge is -2.05. The van der Waals surface area contributed by atoms with Gasteiger partial charge in [0.05, 0.1) is 5.56 Å². The molecule has 0 aliphatic heterocycles. The zero-order valence-electron chi connectivity index (χ0n) is 11.5. The van der Waals surface area contributed by atoms with Gasteiger partial charge in [0.2, 0.25) is 0 Å². The first-order chi connectivity index (χ1) is 10.1. The Hall–Kier alpha value is -2.88. The van der Waals surface area contributed by atoms with Crippen molar-refractivity contribution in [1.82, 2.24) is 0 Å². The van der Waals surface area contributed by atoms with Crippen LogP contribution in [0.1, 0.15) is 22.8 Å². The van der Waals surface area contributed by atoms with Crippen molar-refractivity contribution in [1.29, 1.82) is 0 Å². The standard InChI is InChI=1S/C17H15NO3/c1-12(16(19)18-15-5-3-2-4-6-15)11-13-7-9-14(10-8-13)17(20)21/h2-11H,1H3,(H,18,19)(H,20,21). The van der Waals surface area contributed by atoms with E-state index in [0.717, 1.165) is 11.3 Å². The minimum absolute atomic E-state index is 0.191. The van der Waals surface area contributed by atoms with E-state index in [1.807, 2.05) is 30.3 Å². The molecule has 4 heteroatoms. The quantitative estimate of drug-likeness (QED) is 0.844. The van der Waals surface area contributed by atoms with Gasteiger partial charge in [-0.2, -0.15) is 0 Å². The summed E-state index contributed by atoms with van der Waals surface area (Å²) in [5.41, 5.74) is 2.28. The highest BCUT2D eigenvalue weighted by Crippen LogP contribution is 2.12. The third-order valence-electron chi connectivity index (χ3n) is 2.93. The van der Waals surface area contributed by atoms with Crippen molar-refractivity contribution in [3.8, 4) is 0 Å². The second-order valence-electron chi connectivity index (χ2n) is 4.57. The summed E-state index contributed by atoms with van der Waals surface area (Å²) in [5.74, 6) is -1.16. The third kappa shape index (κ3) is 4.04. The van der Waals surface area contributed by atoms with Crippen LogP contribution in [0, 0.1) is 0 Å². The van der Waals surface area contributed by atoms with Gasteiger partial charge in [-0.05, 0) is 42.8 Å². The SMILES string of the molecule is CC(=Cc1ccc(C(=O)O)cc1)C(=O)Nc1ccccc1. The lowest BCUT2D eigenvalue weighted by molar-refractivity contribution is -0.112. The van der Waals surface area contributed by atoms with Gasteiger partial charge in [0.1, 0.15) is 0 Å². The van der Waals surface area contributed by atoms with E-state index in [0.29, 0.717) is 5.57 Å². The molecule has 0 aliphatic carbocycles. The molecule has 21 heavy (non-hydrogen) atoms. The van der Waals surface area contributed by atoms with E-state index in [4.69, 9.17) is 5.11 Å². The molecule has 0 fully saturated rings. The summed E-state index contributed by atoms with van der Waals surface area (Å²) in [6, 6.07) is 15.6. The van der Waals surface area contributed by atoms with Crippen molar-refractivity contribution in [2.24, 2.45) is 0 Å². The molecule has 2 rings (SSSR count). The Morgan fingerprint density at radius 2 is 1.62 bits per heavy atom. The average Bonchev–Trinajstić information content (AvgIpc) is 2.48. The molecule has 2 aromatic rings. The molecule has 0 bridgehead atoms. The number of carboxylic acid groups (broad SMARTS) is 1. The number of rotatable bonds is 4. The summed E-state index contributed by atoms with van der Waals surface area (Å²) < 4.78 is 0. The Morgan fingerprint density at radius 3 is 2.19 bits per heavy atom. The van der Waals surface area contributed by atoms with Gasteiger partial charge in [0.15, 0.2) is 0 Å². The maximum Gasteiger partial charge on any atom is 0.335 e. The van der Waals surface area contributed by atoms with Crippen molar-refractivity contribution in [3.05, 3.63) is 71.3 Å². The third-order valence-corrected chi connectivity index (χ3v) is 2.93. The van der Waals surface area contributed by atoms with E-state index < -0.39 is 5.97 Å². The number of hydrogen-bond donors (Lipinski definition) is 2. The number of aromatic carboxylic acids is 1. The minimum Gasteiger partial charge on any atom is -0.478 e. The Morgan fingerprint density at radius 1 is 1.00 bits per heavy atom. The van der Waals surface area contributed by atoms with Crippen molar-refractivity contribution >= 4 is 23.6 Å². The van der Waals surface area contributed by atoms with Crippen LogP contribution in [-0.2, 0) is 4.79 Å². The summed E-state index contributed by atoms with van der Waals surface area (Å²) in [6.45, 7) is 1.71. The maximum atomic E-state index is 12.0. The van der Waals surface area contributed by atoms with E-state index in [2.05, 4.69) is 5.32 Å². The highest BCUT2D eigenvalue weighted by atomic mass is 16.4. The van der Waals surface area contributed by atoms with Gasteiger partial charge in [-0.3, -0.25) is 4.79 Å². The van der Waals surface area contributed by atoms with E-state index in [1.165, 1.54) is 12.1 Å². The highest BCUT2D eigenvalue weighted by molar-refractivity contribution is 6.06. The summed E-state index contributed by atoms with van der Waals surface area (Å²) in [7, 11) is 0. The first-order valence-electron chi connectivity index (χ1n) is 6.44. The second kappa shape index (κ2) is 6.52. The molecule has 4 nitrogen and oxygen atoms in total. The van der Waals surface area contributed by atoms with Gasteiger partial charge in [0.25, 0.3) is 5.91 Å². The van der Waals surface area contributed by atoms with Gasteiger partial charge >= 0.3 is 5.97 Å². The first kappa shape index (κ1) is 14.5. The molecule has 0 unspecified atom stereocenters. The van der Waals surface area contributed by atoms with Crippen LogP contribution in [0.5, 0.6) is 0 Å². The molecule has 0 aliphatic rings. The number of benzene rings is 2. The zero-order chi connectivity index (χ0) is 15.2. The number of anilines is 1. The predicted molar refractivity (Wildman–Crippen MR) is 82.1 cm³/mol. The van der Waals surface area contributed by atoms with Crippen LogP contribution in [0.4, 0.5) is 5.69 Å². The zero-order valence-corrected chi connectivity index (χ0v) is 11.5. The van der Waals surface area contributed by atoms with Crippen molar-refractivity contribution in [2.75, 3.05) is 5.32 Å². The number of nitrogens with one attached hydrogen (secondary N) is 1. The molecule has 2 aromatic carbocycles. The summed E-state index contributed by atoms with van der Waals surface area (Å²) in [5, 5.41) is 11.6. The number of hydrogen-bond acceptors (Lipinski definition) is 2. The normalized spacial score (nSPS) is 11.0. The van der Waals surface area contributed by atoms with Gasteiger partial charge in [-0.1, -0.05) is 30.3 Å². The van der Waals surface area contributed by atoms with Gasteiger partial charge < -0.3 is 10.4 Å².